The maximum Gasteiger partial charge on any atom is 0.248 e. The summed E-state index contributed by atoms with van der Waals surface area (Å²) < 4.78 is 16.2. The molecule has 0 saturated carbocycles. The minimum Gasteiger partial charge on any atom is -0.497 e. The predicted octanol–water partition coefficient (Wildman–Crippen LogP) is 2.38. The summed E-state index contributed by atoms with van der Waals surface area (Å²) in [5.41, 5.74) is 6.51. The van der Waals surface area contributed by atoms with Crippen molar-refractivity contribution in [3.05, 3.63) is 53.6 Å². The van der Waals surface area contributed by atoms with E-state index in [2.05, 4.69) is 0 Å². The highest BCUT2D eigenvalue weighted by molar-refractivity contribution is 5.92. The Morgan fingerprint density at radius 1 is 1.00 bits per heavy atom. The van der Waals surface area contributed by atoms with Crippen LogP contribution in [0.25, 0.3) is 0 Å². The molecule has 0 aliphatic carbocycles. The molecule has 2 aromatic rings. The van der Waals surface area contributed by atoms with Gasteiger partial charge in [-0.25, -0.2) is 0 Å². The normalized spacial score (nSPS) is 10.0. The van der Waals surface area contributed by atoms with Crippen LogP contribution in [0.15, 0.2) is 42.5 Å². The Bertz CT molecular complexity index is 623. The van der Waals surface area contributed by atoms with Gasteiger partial charge in [0.2, 0.25) is 5.91 Å². The van der Waals surface area contributed by atoms with Crippen LogP contribution in [0.4, 0.5) is 0 Å². The first-order chi connectivity index (χ1) is 10.1. The lowest BCUT2D eigenvalue weighted by Crippen LogP contribution is -2.10. The van der Waals surface area contributed by atoms with Crippen molar-refractivity contribution in [3.63, 3.8) is 0 Å². The van der Waals surface area contributed by atoms with Crippen molar-refractivity contribution in [2.45, 2.75) is 6.61 Å². The Labute approximate surface area is 123 Å². The van der Waals surface area contributed by atoms with E-state index >= 15 is 0 Å². The Balaban J connectivity index is 2.10. The number of carbonyl (C=O) groups excluding carboxylic acids is 1. The molecule has 2 rings (SSSR count). The Morgan fingerprint density at radius 2 is 1.67 bits per heavy atom. The van der Waals surface area contributed by atoms with Crippen LogP contribution in [-0.4, -0.2) is 20.1 Å². The van der Waals surface area contributed by atoms with Crippen molar-refractivity contribution in [1.82, 2.24) is 0 Å². The second-order valence-corrected chi connectivity index (χ2v) is 4.36. The second kappa shape index (κ2) is 6.65. The fourth-order valence-electron chi connectivity index (χ4n) is 1.87. The molecule has 0 bridgehead atoms. The van der Waals surface area contributed by atoms with Gasteiger partial charge in [-0.15, -0.1) is 0 Å². The van der Waals surface area contributed by atoms with Crippen molar-refractivity contribution in [3.8, 4) is 17.2 Å². The SMILES string of the molecule is COc1ccc(OC)c(COc2ccc(C(N)=O)cc2)c1. The third-order valence-corrected chi connectivity index (χ3v) is 3.02. The number of benzene rings is 2. The van der Waals surface area contributed by atoms with E-state index in [-0.39, 0.29) is 0 Å². The van der Waals surface area contributed by atoms with E-state index in [9.17, 15) is 4.79 Å². The van der Waals surface area contributed by atoms with E-state index in [1.165, 1.54) is 0 Å². The number of methoxy groups -OCH3 is 2. The number of amides is 1. The van der Waals surface area contributed by atoms with Crippen LogP contribution < -0.4 is 19.9 Å². The maximum absolute atomic E-state index is 11.0. The quantitative estimate of drug-likeness (QED) is 0.885. The van der Waals surface area contributed by atoms with Crippen LogP contribution in [0.1, 0.15) is 15.9 Å². The number of rotatable bonds is 6. The zero-order valence-corrected chi connectivity index (χ0v) is 12.0. The minimum absolute atomic E-state index is 0.330. The second-order valence-electron chi connectivity index (χ2n) is 4.36. The molecule has 0 unspecified atom stereocenters. The van der Waals surface area contributed by atoms with Gasteiger partial charge in [-0.2, -0.15) is 0 Å². The molecule has 0 aromatic heterocycles. The van der Waals surface area contributed by atoms with E-state index in [1.54, 1.807) is 38.5 Å². The largest absolute Gasteiger partial charge is 0.497 e. The van der Waals surface area contributed by atoms with Crippen molar-refractivity contribution in [2.24, 2.45) is 5.73 Å². The zero-order chi connectivity index (χ0) is 15.2. The zero-order valence-electron chi connectivity index (χ0n) is 12.0. The minimum atomic E-state index is -0.462. The molecule has 5 heteroatoms. The monoisotopic (exact) mass is 287 g/mol. The van der Waals surface area contributed by atoms with Crippen LogP contribution in [0.3, 0.4) is 0 Å². The summed E-state index contributed by atoms with van der Waals surface area (Å²) in [5.74, 6) is 1.64. The fourth-order valence-corrected chi connectivity index (χ4v) is 1.87. The molecule has 2 N–H and O–H groups in total. The molecule has 21 heavy (non-hydrogen) atoms. The van der Waals surface area contributed by atoms with Gasteiger partial charge in [0.1, 0.15) is 23.9 Å². The maximum atomic E-state index is 11.0. The van der Waals surface area contributed by atoms with Gasteiger partial charge in [-0.1, -0.05) is 0 Å². The summed E-state index contributed by atoms with van der Waals surface area (Å²) in [6.07, 6.45) is 0. The molecular formula is C16H17NO4. The first-order valence-electron chi connectivity index (χ1n) is 6.37. The lowest BCUT2D eigenvalue weighted by atomic mass is 10.2. The number of nitrogens with two attached hydrogens (primary N) is 1. The summed E-state index contributed by atoms with van der Waals surface area (Å²) in [5, 5.41) is 0. The summed E-state index contributed by atoms with van der Waals surface area (Å²) in [6.45, 7) is 0.330. The third kappa shape index (κ3) is 3.66. The van der Waals surface area contributed by atoms with E-state index in [0.717, 1.165) is 17.1 Å². The smallest absolute Gasteiger partial charge is 0.248 e. The molecule has 0 heterocycles. The lowest BCUT2D eigenvalue weighted by Gasteiger charge is -2.12. The molecular weight excluding hydrogens is 270 g/mol. The standard InChI is InChI=1S/C16H17NO4/c1-19-14-7-8-15(20-2)12(9-14)10-21-13-5-3-11(4-6-13)16(17)18/h3-9H,10H2,1-2H3,(H2,17,18). The van der Waals surface area contributed by atoms with Crippen LogP contribution >= 0.6 is 0 Å². The van der Waals surface area contributed by atoms with Crippen LogP contribution in [-0.2, 0) is 6.61 Å². The van der Waals surface area contributed by atoms with E-state index < -0.39 is 5.91 Å². The third-order valence-electron chi connectivity index (χ3n) is 3.02. The molecule has 0 atom stereocenters. The molecule has 0 radical (unpaired) electrons. The Kier molecular flexibility index (Phi) is 4.66. The molecule has 110 valence electrons. The number of ether oxygens (including phenoxy) is 3. The van der Waals surface area contributed by atoms with E-state index in [0.29, 0.717) is 17.9 Å². The Morgan fingerprint density at radius 3 is 2.24 bits per heavy atom. The summed E-state index contributed by atoms with van der Waals surface area (Å²) in [7, 11) is 3.21. The van der Waals surface area contributed by atoms with Crippen LogP contribution in [0, 0.1) is 0 Å². The lowest BCUT2D eigenvalue weighted by molar-refractivity contribution is 0.1000. The Hall–Kier alpha value is -2.69. The van der Waals surface area contributed by atoms with Gasteiger partial charge in [-0.05, 0) is 42.5 Å². The molecule has 0 aliphatic heterocycles. The van der Waals surface area contributed by atoms with E-state index in [4.69, 9.17) is 19.9 Å². The summed E-state index contributed by atoms with van der Waals surface area (Å²) in [4.78, 5) is 11.0. The first kappa shape index (κ1) is 14.7. The van der Waals surface area contributed by atoms with Crippen molar-refractivity contribution < 1.29 is 19.0 Å². The first-order valence-corrected chi connectivity index (χ1v) is 6.37. The number of hydrogen-bond acceptors (Lipinski definition) is 4. The van der Waals surface area contributed by atoms with E-state index in [1.807, 2.05) is 18.2 Å². The highest BCUT2D eigenvalue weighted by atomic mass is 16.5. The van der Waals surface area contributed by atoms with Gasteiger partial charge < -0.3 is 19.9 Å². The van der Waals surface area contributed by atoms with Crippen LogP contribution in [0.5, 0.6) is 17.2 Å². The van der Waals surface area contributed by atoms with Gasteiger partial charge in [0.05, 0.1) is 14.2 Å². The molecule has 0 spiro atoms. The molecule has 0 saturated heterocycles. The molecule has 0 aliphatic rings. The van der Waals surface area contributed by atoms with Gasteiger partial charge in [0.15, 0.2) is 0 Å². The number of hydrogen-bond donors (Lipinski definition) is 1. The van der Waals surface area contributed by atoms with Gasteiger partial charge in [-0.3, -0.25) is 4.79 Å². The van der Waals surface area contributed by atoms with Crippen LogP contribution in [0.2, 0.25) is 0 Å². The number of carbonyl (C=O) groups is 1. The predicted molar refractivity (Wildman–Crippen MR) is 78.8 cm³/mol. The van der Waals surface area contributed by atoms with Crippen molar-refractivity contribution in [2.75, 3.05) is 14.2 Å². The molecule has 2 aromatic carbocycles. The average Bonchev–Trinajstić information content (AvgIpc) is 2.52. The number of primary amides is 1. The fraction of sp³-hybridized carbons (Fsp3) is 0.188. The summed E-state index contributed by atoms with van der Waals surface area (Å²) >= 11 is 0. The molecule has 0 fully saturated rings. The molecule has 1 amide bonds. The van der Waals surface area contributed by atoms with Gasteiger partial charge in [0, 0.05) is 11.1 Å². The van der Waals surface area contributed by atoms with Crippen molar-refractivity contribution >= 4 is 5.91 Å². The van der Waals surface area contributed by atoms with Crippen molar-refractivity contribution in [1.29, 1.82) is 0 Å². The summed E-state index contributed by atoms with van der Waals surface area (Å²) in [6, 6.07) is 12.2. The highest BCUT2D eigenvalue weighted by Gasteiger charge is 2.06. The van der Waals surface area contributed by atoms with Gasteiger partial charge in [0.25, 0.3) is 0 Å². The average molecular weight is 287 g/mol. The van der Waals surface area contributed by atoms with Gasteiger partial charge >= 0.3 is 0 Å². The molecule has 5 nitrogen and oxygen atoms in total. The highest BCUT2D eigenvalue weighted by Crippen LogP contribution is 2.25. The topological polar surface area (TPSA) is 70.8 Å².